The molecule has 17 heavy (non-hydrogen) atoms. The fourth-order valence-electron chi connectivity index (χ4n) is 1.97. The second-order valence-electron chi connectivity index (χ2n) is 3.90. The van der Waals surface area contributed by atoms with Gasteiger partial charge in [-0.15, -0.1) is 5.10 Å². The smallest absolute Gasteiger partial charge is 0.230 e. The SMILES string of the molecule is Nc1cc2c(nn1)CC(=O)Nc1ccccc1-2. The van der Waals surface area contributed by atoms with Gasteiger partial charge in [0.1, 0.15) is 5.82 Å². The number of para-hydroxylation sites is 1. The molecule has 1 amide bonds. The fourth-order valence-corrected chi connectivity index (χ4v) is 1.97. The molecule has 0 radical (unpaired) electrons. The number of carbonyl (C=O) groups is 1. The van der Waals surface area contributed by atoms with E-state index in [1.54, 1.807) is 6.07 Å². The first-order valence-electron chi connectivity index (χ1n) is 5.25. The second-order valence-corrected chi connectivity index (χ2v) is 3.90. The van der Waals surface area contributed by atoms with Crippen LogP contribution in [-0.4, -0.2) is 16.1 Å². The number of hydrogen-bond acceptors (Lipinski definition) is 4. The second kappa shape index (κ2) is 3.55. The molecule has 0 atom stereocenters. The normalized spacial score (nSPS) is 13.3. The molecule has 5 heteroatoms. The van der Waals surface area contributed by atoms with Crippen LogP contribution in [0.2, 0.25) is 0 Å². The van der Waals surface area contributed by atoms with Crippen LogP contribution in [0.25, 0.3) is 11.1 Å². The molecule has 3 rings (SSSR count). The van der Waals surface area contributed by atoms with Crippen molar-refractivity contribution in [2.75, 3.05) is 11.1 Å². The first kappa shape index (κ1) is 9.77. The summed E-state index contributed by atoms with van der Waals surface area (Å²) in [4.78, 5) is 11.7. The van der Waals surface area contributed by atoms with Crippen molar-refractivity contribution >= 4 is 17.4 Å². The summed E-state index contributed by atoms with van der Waals surface area (Å²) in [5, 5.41) is 10.6. The summed E-state index contributed by atoms with van der Waals surface area (Å²) in [6, 6.07) is 9.33. The van der Waals surface area contributed by atoms with Crippen molar-refractivity contribution in [3.05, 3.63) is 36.0 Å². The highest BCUT2D eigenvalue weighted by Gasteiger charge is 2.19. The summed E-state index contributed by atoms with van der Waals surface area (Å²) < 4.78 is 0. The Morgan fingerprint density at radius 2 is 2.00 bits per heavy atom. The number of benzene rings is 1. The molecule has 0 saturated carbocycles. The van der Waals surface area contributed by atoms with E-state index in [9.17, 15) is 4.79 Å². The summed E-state index contributed by atoms with van der Waals surface area (Å²) >= 11 is 0. The Kier molecular flexibility index (Phi) is 2.04. The Hall–Kier alpha value is -2.43. The molecule has 3 N–H and O–H groups in total. The largest absolute Gasteiger partial charge is 0.382 e. The predicted molar refractivity (Wildman–Crippen MR) is 64.2 cm³/mol. The Morgan fingerprint density at radius 3 is 2.88 bits per heavy atom. The van der Waals surface area contributed by atoms with E-state index in [1.165, 1.54) is 0 Å². The maximum Gasteiger partial charge on any atom is 0.230 e. The van der Waals surface area contributed by atoms with Gasteiger partial charge in [0.05, 0.1) is 12.1 Å². The lowest BCUT2D eigenvalue weighted by atomic mass is 10.0. The number of aromatic nitrogens is 2. The standard InChI is InChI=1S/C12H10N4O/c13-11-5-8-7-3-1-2-4-9(7)14-12(17)6-10(8)15-16-11/h1-5H,6H2,(H2,13,16)(H,14,17). The number of anilines is 2. The van der Waals surface area contributed by atoms with Crippen LogP contribution >= 0.6 is 0 Å². The van der Waals surface area contributed by atoms with Crippen molar-refractivity contribution in [1.29, 1.82) is 0 Å². The average Bonchev–Trinajstić information content (AvgIpc) is 2.45. The first-order valence-corrected chi connectivity index (χ1v) is 5.25. The lowest BCUT2D eigenvalue weighted by molar-refractivity contribution is -0.115. The van der Waals surface area contributed by atoms with E-state index in [1.807, 2.05) is 24.3 Å². The van der Waals surface area contributed by atoms with Crippen LogP contribution in [0.4, 0.5) is 11.5 Å². The van der Waals surface area contributed by atoms with Gasteiger partial charge >= 0.3 is 0 Å². The van der Waals surface area contributed by atoms with E-state index in [0.29, 0.717) is 11.5 Å². The third kappa shape index (κ3) is 1.61. The Labute approximate surface area is 97.7 Å². The van der Waals surface area contributed by atoms with Gasteiger partial charge in [0.2, 0.25) is 5.91 Å². The monoisotopic (exact) mass is 226 g/mol. The molecule has 84 valence electrons. The van der Waals surface area contributed by atoms with E-state index in [-0.39, 0.29) is 12.3 Å². The number of nitrogen functional groups attached to an aromatic ring is 1. The highest BCUT2D eigenvalue weighted by molar-refractivity contribution is 6.00. The number of carbonyl (C=O) groups excluding carboxylic acids is 1. The van der Waals surface area contributed by atoms with E-state index in [2.05, 4.69) is 15.5 Å². The molecule has 1 aliphatic heterocycles. The molecule has 5 nitrogen and oxygen atoms in total. The zero-order valence-corrected chi connectivity index (χ0v) is 8.97. The number of fused-ring (bicyclic) bond motifs is 3. The maximum absolute atomic E-state index is 11.7. The lowest BCUT2D eigenvalue weighted by Crippen LogP contribution is -2.13. The lowest BCUT2D eigenvalue weighted by Gasteiger charge is -2.07. The molecule has 0 aliphatic carbocycles. The molecule has 0 saturated heterocycles. The van der Waals surface area contributed by atoms with Crippen LogP contribution < -0.4 is 11.1 Å². The number of nitrogens with two attached hydrogens (primary N) is 1. The summed E-state index contributed by atoms with van der Waals surface area (Å²) in [5.74, 6) is 0.267. The average molecular weight is 226 g/mol. The number of hydrogen-bond donors (Lipinski definition) is 2. The quantitative estimate of drug-likeness (QED) is 0.707. The van der Waals surface area contributed by atoms with Crippen LogP contribution in [0, 0.1) is 0 Å². The van der Waals surface area contributed by atoms with Crippen LogP contribution in [0.1, 0.15) is 5.69 Å². The molecular formula is C12H10N4O. The van der Waals surface area contributed by atoms with E-state index >= 15 is 0 Å². The molecule has 2 aromatic rings. The number of amides is 1. The molecular weight excluding hydrogens is 216 g/mol. The molecule has 0 bridgehead atoms. The zero-order chi connectivity index (χ0) is 11.8. The van der Waals surface area contributed by atoms with Crippen LogP contribution in [0.5, 0.6) is 0 Å². The van der Waals surface area contributed by atoms with E-state index in [4.69, 9.17) is 5.73 Å². The van der Waals surface area contributed by atoms with Gasteiger partial charge in [-0.3, -0.25) is 4.79 Å². The van der Waals surface area contributed by atoms with Gasteiger partial charge in [0.15, 0.2) is 0 Å². The van der Waals surface area contributed by atoms with Crippen molar-refractivity contribution in [3.8, 4) is 11.1 Å². The van der Waals surface area contributed by atoms with Crippen LogP contribution in [-0.2, 0) is 11.2 Å². The van der Waals surface area contributed by atoms with Crippen molar-refractivity contribution in [2.24, 2.45) is 0 Å². The first-order chi connectivity index (χ1) is 8.24. The van der Waals surface area contributed by atoms with Gasteiger partial charge in [0, 0.05) is 16.8 Å². The maximum atomic E-state index is 11.7. The molecule has 1 aromatic heterocycles. The molecule has 0 spiro atoms. The summed E-state index contributed by atoms with van der Waals surface area (Å²) in [7, 11) is 0. The molecule has 1 aliphatic rings. The van der Waals surface area contributed by atoms with Gasteiger partial charge in [-0.1, -0.05) is 18.2 Å². The molecule has 2 heterocycles. The van der Waals surface area contributed by atoms with Crippen LogP contribution in [0.3, 0.4) is 0 Å². The van der Waals surface area contributed by atoms with Gasteiger partial charge in [-0.2, -0.15) is 5.10 Å². The summed E-state index contributed by atoms with van der Waals surface area (Å²) in [6.45, 7) is 0. The third-order valence-electron chi connectivity index (χ3n) is 2.71. The molecule has 0 unspecified atom stereocenters. The Morgan fingerprint density at radius 1 is 1.18 bits per heavy atom. The minimum Gasteiger partial charge on any atom is -0.382 e. The van der Waals surface area contributed by atoms with Crippen molar-refractivity contribution in [1.82, 2.24) is 10.2 Å². The minimum absolute atomic E-state index is 0.0877. The number of rotatable bonds is 0. The van der Waals surface area contributed by atoms with Crippen LogP contribution in [0.15, 0.2) is 30.3 Å². The van der Waals surface area contributed by atoms with Crippen molar-refractivity contribution < 1.29 is 4.79 Å². The molecule has 1 aromatic carbocycles. The highest BCUT2D eigenvalue weighted by atomic mass is 16.1. The van der Waals surface area contributed by atoms with Crippen molar-refractivity contribution in [3.63, 3.8) is 0 Å². The zero-order valence-electron chi connectivity index (χ0n) is 8.97. The third-order valence-corrected chi connectivity index (χ3v) is 2.71. The van der Waals surface area contributed by atoms with Gasteiger partial charge in [0.25, 0.3) is 0 Å². The summed E-state index contributed by atoms with van der Waals surface area (Å²) in [6.07, 6.45) is 0.220. The van der Waals surface area contributed by atoms with Crippen molar-refractivity contribution in [2.45, 2.75) is 6.42 Å². The van der Waals surface area contributed by atoms with Gasteiger partial charge in [-0.05, 0) is 12.1 Å². The van der Waals surface area contributed by atoms with Gasteiger partial charge in [-0.25, -0.2) is 0 Å². The number of nitrogens with zero attached hydrogens (tertiary/aromatic N) is 2. The highest BCUT2D eigenvalue weighted by Crippen LogP contribution is 2.32. The number of nitrogens with one attached hydrogen (secondary N) is 1. The predicted octanol–water partition coefficient (Wildman–Crippen LogP) is 1.22. The van der Waals surface area contributed by atoms with Gasteiger partial charge < -0.3 is 11.1 Å². The van der Waals surface area contributed by atoms with E-state index < -0.39 is 0 Å². The summed E-state index contributed by atoms with van der Waals surface area (Å²) in [5.41, 5.74) is 8.87. The Bertz CT molecular complexity index is 609. The molecule has 0 fully saturated rings. The van der Waals surface area contributed by atoms with E-state index in [0.717, 1.165) is 16.8 Å². The fraction of sp³-hybridized carbons (Fsp3) is 0.0833. The minimum atomic E-state index is -0.0877. The Balaban J connectivity index is 2.31. The topological polar surface area (TPSA) is 80.9 Å².